The molecular weight excluding hydrogens is 414 g/mol. The molecule has 0 saturated heterocycles. The highest BCUT2D eigenvalue weighted by Gasteiger charge is 2.26. The highest BCUT2D eigenvalue weighted by Crippen LogP contribution is 2.35. The molecule has 2 atom stereocenters. The first-order chi connectivity index (χ1) is 13.0. The number of hydrogen-bond acceptors (Lipinski definition) is 5. The van der Waals surface area contributed by atoms with E-state index in [1.54, 1.807) is 18.2 Å². The summed E-state index contributed by atoms with van der Waals surface area (Å²) in [6.07, 6.45) is -0.739. The van der Waals surface area contributed by atoms with Gasteiger partial charge >= 0.3 is 6.09 Å². The molecule has 27 heavy (non-hydrogen) atoms. The van der Waals surface area contributed by atoms with Crippen LogP contribution in [0.15, 0.2) is 53.0 Å². The second-order valence-electron chi connectivity index (χ2n) is 6.06. The van der Waals surface area contributed by atoms with E-state index in [1.807, 2.05) is 37.3 Å². The van der Waals surface area contributed by atoms with E-state index in [2.05, 4.69) is 21.2 Å². The van der Waals surface area contributed by atoms with Crippen molar-refractivity contribution in [2.24, 2.45) is 5.92 Å². The van der Waals surface area contributed by atoms with Gasteiger partial charge in [-0.05, 0) is 42.7 Å². The molecular formula is C20H24BrNO5. The Bertz CT molecular complexity index is 723. The van der Waals surface area contributed by atoms with Gasteiger partial charge in [0.25, 0.3) is 0 Å². The zero-order chi connectivity index (χ0) is 19.6. The molecule has 0 aliphatic heterocycles. The van der Waals surface area contributed by atoms with Gasteiger partial charge in [0.2, 0.25) is 0 Å². The summed E-state index contributed by atoms with van der Waals surface area (Å²) in [6, 6.07) is 14.4. The van der Waals surface area contributed by atoms with Gasteiger partial charge in [-0.1, -0.05) is 41.1 Å². The lowest BCUT2D eigenvalue weighted by Crippen LogP contribution is -2.23. The van der Waals surface area contributed by atoms with Gasteiger partial charge in [0.15, 0.2) is 0 Å². The van der Waals surface area contributed by atoms with Gasteiger partial charge < -0.3 is 19.7 Å². The van der Waals surface area contributed by atoms with Crippen molar-refractivity contribution in [1.82, 2.24) is 0 Å². The Balaban J connectivity index is 2.19. The average Bonchev–Trinajstić information content (AvgIpc) is 2.67. The lowest BCUT2D eigenvalue weighted by atomic mass is 9.94. The number of carbonyl (C=O) groups excluding carboxylic acids is 1. The summed E-state index contributed by atoms with van der Waals surface area (Å²) in [7, 11) is 0. The number of rotatable bonds is 9. The number of halogens is 1. The number of nitrogens with one attached hydrogen (secondary N) is 1. The molecule has 0 aliphatic rings. The molecule has 3 N–H and O–H groups in total. The van der Waals surface area contributed by atoms with E-state index in [0.29, 0.717) is 23.4 Å². The maximum absolute atomic E-state index is 12.4. The molecule has 6 nitrogen and oxygen atoms in total. The van der Waals surface area contributed by atoms with Crippen molar-refractivity contribution in [2.45, 2.75) is 19.4 Å². The van der Waals surface area contributed by atoms with Gasteiger partial charge in [-0.15, -0.1) is 0 Å². The van der Waals surface area contributed by atoms with Gasteiger partial charge in [0.05, 0.1) is 6.61 Å². The van der Waals surface area contributed by atoms with Crippen LogP contribution in [0.4, 0.5) is 10.5 Å². The van der Waals surface area contributed by atoms with Gasteiger partial charge in [0.1, 0.15) is 18.5 Å². The molecule has 2 rings (SSSR count). The van der Waals surface area contributed by atoms with Crippen LogP contribution in [-0.2, 0) is 4.74 Å². The number of anilines is 1. The lowest BCUT2D eigenvalue weighted by molar-refractivity contribution is 0.0641. The topological polar surface area (TPSA) is 88.0 Å². The summed E-state index contributed by atoms with van der Waals surface area (Å²) >= 11 is 3.35. The molecule has 2 aromatic carbocycles. The first-order valence-electron chi connectivity index (χ1n) is 8.71. The highest BCUT2D eigenvalue weighted by molar-refractivity contribution is 9.10. The first kappa shape index (κ1) is 21.2. The minimum atomic E-state index is -0.609. The molecule has 2 aromatic rings. The van der Waals surface area contributed by atoms with E-state index >= 15 is 0 Å². The molecule has 1 amide bonds. The van der Waals surface area contributed by atoms with Crippen LogP contribution in [0.25, 0.3) is 0 Å². The first-order valence-corrected chi connectivity index (χ1v) is 9.51. The van der Waals surface area contributed by atoms with Crippen LogP contribution in [0.3, 0.4) is 0 Å². The van der Waals surface area contributed by atoms with Crippen molar-refractivity contribution >= 4 is 27.7 Å². The molecule has 0 unspecified atom stereocenters. The molecule has 0 spiro atoms. The van der Waals surface area contributed by atoms with Crippen LogP contribution in [0.5, 0.6) is 5.75 Å². The molecule has 0 fully saturated rings. The van der Waals surface area contributed by atoms with E-state index in [0.717, 1.165) is 4.47 Å². The quantitative estimate of drug-likeness (QED) is 0.548. The standard InChI is InChI=1S/C20H24BrNO5/c1-14(10-11-23)19(17-4-2-3-5-18(17)26-13-12-24)27-20(25)22-16-8-6-15(21)7-9-16/h2-9,14,19,23-24H,10-13H2,1H3,(H,22,25)/t14-,19+/m0/s1. The lowest BCUT2D eigenvalue weighted by Gasteiger charge is -2.26. The molecule has 0 aromatic heterocycles. The van der Waals surface area contributed by atoms with Gasteiger partial charge in [-0.25, -0.2) is 4.79 Å². The molecule has 146 valence electrons. The van der Waals surface area contributed by atoms with E-state index in [9.17, 15) is 9.90 Å². The number of hydrogen-bond donors (Lipinski definition) is 3. The molecule has 0 aliphatic carbocycles. The van der Waals surface area contributed by atoms with Crippen LogP contribution in [0, 0.1) is 5.92 Å². The Hall–Kier alpha value is -2.09. The fourth-order valence-electron chi connectivity index (χ4n) is 2.64. The second kappa shape index (κ2) is 10.9. The summed E-state index contributed by atoms with van der Waals surface area (Å²) in [4.78, 5) is 12.4. The Kier molecular flexibility index (Phi) is 8.57. The van der Waals surface area contributed by atoms with Crippen LogP contribution in [-0.4, -0.2) is 36.1 Å². The van der Waals surface area contributed by atoms with E-state index < -0.39 is 12.2 Å². The number of ether oxygens (including phenoxy) is 2. The Morgan fingerprint density at radius 1 is 1.11 bits per heavy atom. The van der Waals surface area contributed by atoms with Crippen molar-refractivity contribution in [1.29, 1.82) is 0 Å². The summed E-state index contributed by atoms with van der Waals surface area (Å²) in [5, 5.41) is 21.0. The monoisotopic (exact) mass is 437 g/mol. The maximum Gasteiger partial charge on any atom is 0.412 e. The SMILES string of the molecule is C[C@@H](CCO)[C@@H](OC(=O)Nc1ccc(Br)cc1)c1ccccc1OCCO. The zero-order valence-electron chi connectivity index (χ0n) is 15.1. The molecule has 0 bridgehead atoms. The van der Waals surface area contributed by atoms with Crippen LogP contribution in [0.1, 0.15) is 25.0 Å². The Labute approximate surface area is 167 Å². The molecule has 0 radical (unpaired) electrons. The van der Waals surface area contributed by atoms with Gasteiger partial charge in [0, 0.05) is 22.3 Å². The van der Waals surface area contributed by atoms with E-state index in [1.165, 1.54) is 0 Å². The van der Waals surface area contributed by atoms with Gasteiger partial charge in [-0.3, -0.25) is 5.32 Å². The van der Waals surface area contributed by atoms with E-state index in [4.69, 9.17) is 14.6 Å². The minimum Gasteiger partial charge on any atom is -0.491 e. The van der Waals surface area contributed by atoms with Gasteiger partial charge in [-0.2, -0.15) is 0 Å². The number of aliphatic hydroxyl groups is 2. The predicted octanol–water partition coefficient (Wildman–Crippen LogP) is 4.13. The summed E-state index contributed by atoms with van der Waals surface area (Å²) in [5.41, 5.74) is 1.31. The largest absolute Gasteiger partial charge is 0.491 e. The van der Waals surface area contributed by atoms with Crippen molar-refractivity contribution in [3.8, 4) is 5.75 Å². The highest BCUT2D eigenvalue weighted by atomic mass is 79.9. The third kappa shape index (κ3) is 6.53. The van der Waals surface area contributed by atoms with Crippen LogP contribution >= 0.6 is 15.9 Å². The maximum atomic E-state index is 12.4. The summed E-state index contributed by atoms with van der Waals surface area (Å²) in [6.45, 7) is 1.91. The number of amides is 1. The van der Waals surface area contributed by atoms with Crippen molar-refractivity contribution < 1.29 is 24.5 Å². The van der Waals surface area contributed by atoms with Crippen molar-refractivity contribution in [3.63, 3.8) is 0 Å². The minimum absolute atomic E-state index is 0.0188. The van der Waals surface area contributed by atoms with Crippen LogP contribution in [0.2, 0.25) is 0 Å². The molecule has 0 saturated carbocycles. The number of para-hydroxylation sites is 1. The smallest absolute Gasteiger partial charge is 0.412 e. The molecule has 0 heterocycles. The Morgan fingerprint density at radius 3 is 2.48 bits per heavy atom. The van der Waals surface area contributed by atoms with Crippen molar-refractivity contribution in [2.75, 3.05) is 25.1 Å². The Morgan fingerprint density at radius 2 is 1.81 bits per heavy atom. The third-order valence-electron chi connectivity index (χ3n) is 4.00. The van der Waals surface area contributed by atoms with Crippen molar-refractivity contribution in [3.05, 3.63) is 58.6 Å². The normalized spacial score (nSPS) is 12.9. The summed E-state index contributed by atoms with van der Waals surface area (Å²) in [5.74, 6) is 0.405. The predicted molar refractivity (Wildman–Crippen MR) is 107 cm³/mol. The number of aliphatic hydroxyl groups excluding tert-OH is 2. The fraction of sp³-hybridized carbons (Fsp3) is 0.350. The van der Waals surface area contributed by atoms with Crippen LogP contribution < -0.4 is 10.1 Å². The fourth-order valence-corrected chi connectivity index (χ4v) is 2.90. The molecule has 7 heteroatoms. The average molecular weight is 438 g/mol. The number of benzene rings is 2. The van der Waals surface area contributed by atoms with E-state index in [-0.39, 0.29) is 25.7 Å². The second-order valence-corrected chi connectivity index (χ2v) is 6.97. The number of carbonyl (C=O) groups is 1. The zero-order valence-corrected chi connectivity index (χ0v) is 16.7. The third-order valence-corrected chi connectivity index (χ3v) is 4.53. The summed E-state index contributed by atoms with van der Waals surface area (Å²) < 4.78 is 12.2.